The van der Waals surface area contributed by atoms with Gasteiger partial charge in [-0.2, -0.15) is 0 Å². The van der Waals surface area contributed by atoms with Gasteiger partial charge >= 0.3 is 0 Å². The molecular formula is C46H32N2O2. The average Bonchev–Trinajstić information content (AvgIpc) is 3.77. The highest BCUT2D eigenvalue weighted by molar-refractivity contribution is 6.10. The lowest BCUT2D eigenvalue weighted by atomic mass is 9.81. The molecule has 7 aromatic rings. The third kappa shape index (κ3) is 4.72. The van der Waals surface area contributed by atoms with Crippen molar-refractivity contribution in [3.8, 4) is 16.9 Å². The minimum atomic E-state index is -0.248. The Hall–Kier alpha value is -6.39. The van der Waals surface area contributed by atoms with Gasteiger partial charge in [-0.3, -0.25) is 4.99 Å². The van der Waals surface area contributed by atoms with Crippen molar-refractivity contribution in [3.05, 3.63) is 198 Å². The van der Waals surface area contributed by atoms with E-state index in [2.05, 4.69) is 151 Å². The molecule has 3 aliphatic rings. The van der Waals surface area contributed by atoms with E-state index in [4.69, 9.17) is 14.1 Å². The molecule has 3 heterocycles. The first kappa shape index (κ1) is 28.6. The zero-order chi connectivity index (χ0) is 33.0. The molecule has 0 spiro atoms. The van der Waals surface area contributed by atoms with Crippen LogP contribution in [0.15, 0.2) is 179 Å². The third-order valence-corrected chi connectivity index (χ3v) is 10.1. The van der Waals surface area contributed by atoms with E-state index >= 15 is 0 Å². The number of para-hydroxylation sites is 3. The molecule has 10 rings (SSSR count). The monoisotopic (exact) mass is 644 g/mol. The largest absolute Gasteiger partial charge is 0.484 e. The molecule has 0 bridgehead atoms. The van der Waals surface area contributed by atoms with E-state index in [1.165, 1.54) is 5.56 Å². The number of hydrogen-bond donors (Lipinski definition) is 1. The van der Waals surface area contributed by atoms with E-state index < -0.39 is 0 Å². The van der Waals surface area contributed by atoms with E-state index in [0.29, 0.717) is 0 Å². The lowest BCUT2D eigenvalue weighted by molar-refractivity contribution is 0.278. The molecule has 0 radical (unpaired) electrons. The molecule has 50 heavy (non-hydrogen) atoms. The Balaban J connectivity index is 1.18. The lowest BCUT2D eigenvalue weighted by Gasteiger charge is -2.28. The first-order valence-corrected chi connectivity index (χ1v) is 17.1. The number of furan rings is 1. The van der Waals surface area contributed by atoms with Crippen LogP contribution in [0.25, 0.3) is 44.3 Å². The highest BCUT2D eigenvalue weighted by Crippen LogP contribution is 2.48. The number of rotatable bonds is 5. The lowest BCUT2D eigenvalue weighted by Crippen LogP contribution is -2.28. The molecule has 0 saturated carbocycles. The summed E-state index contributed by atoms with van der Waals surface area (Å²) in [6.45, 7) is 0. The van der Waals surface area contributed by atoms with E-state index in [-0.39, 0.29) is 18.1 Å². The first-order valence-electron chi connectivity index (χ1n) is 17.1. The summed E-state index contributed by atoms with van der Waals surface area (Å²) in [7, 11) is 0. The fourth-order valence-electron chi connectivity index (χ4n) is 7.74. The number of benzene rings is 6. The van der Waals surface area contributed by atoms with Gasteiger partial charge in [0.05, 0.1) is 6.04 Å². The van der Waals surface area contributed by atoms with Crippen LogP contribution in [-0.2, 0) is 0 Å². The maximum Gasteiger partial charge on any atom is 0.143 e. The van der Waals surface area contributed by atoms with Gasteiger partial charge in [-0.1, -0.05) is 146 Å². The van der Waals surface area contributed by atoms with Crippen molar-refractivity contribution in [1.82, 2.24) is 5.32 Å². The minimum Gasteiger partial charge on any atom is -0.484 e. The van der Waals surface area contributed by atoms with Gasteiger partial charge in [0, 0.05) is 44.7 Å². The molecule has 4 heteroatoms. The number of fused-ring (bicyclic) bond motifs is 6. The van der Waals surface area contributed by atoms with Crippen LogP contribution in [0, 0.1) is 0 Å². The van der Waals surface area contributed by atoms with Crippen LogP contribution in [0.1, 0.15) is 39.8 Å². The molecule has 0 fully saturated rings. The Morgan fingerprint density at radius 2 is 1.36 bits per heavy atom. The number of amidine groups is 1. The Labute approximate surface area is 290 Å². The predicted molar refractivity (Wildman–Crippen MR) is 203 cm³/mol. The van der Waals surface area contributed by atoms with E-state index in [1.807, 2.05) is 24.3 Å². The summed E-state index contributed by atoms with van der Waals surface area (Å²) in [6, 6.07) is 50.5. The van der Waals surface area contributed by atoms with Crippen molar-refractivity contribution in [2.24, 2.45) is 4.99 Å². The molecule has 6 aromatic carbocycles. The highest BCUT2D eigenvalue weighted by Gasteiger charge is 2.38. The van der Waals surface area contributed by atoms with Crippen molar-refractivity contribution < 1.29 is 9.15 Å². The van der Waals surface area contributed by atoms with Crippen LogP contribution in [0.5, 0.6) is 5.75 Å². The topological polar surface area (TPSA) is 46.8 Å². The molecule has 0 saturated heterocycles. The Kier molecular flexibility index (Phi) is 6.66. The van der Waals surface area contributed by atoms with Crippen LogP contribution in [0.4, 0.5) is 0 Å². The standard InChI is InChI=1S/C46H32N2O2/c1-3-13-29(14-4-1)40-28-41(48-46(47-40)30-15-5-2-6-16-30)33-26-25-31(32-19-11-20-36-34-17-7-9-23-42(34)49-44(32)36)27-39(33)38-22-12-21-37-35-18-8-10-24-43(35)50-45(37)38/h1-28,37,41,45H,(H,47,48). The Morgan fingerprint density at radius 3 is 2.24 bits per heavy atom. The molecule has 0 amide bonds. The van der Waals surface area contributed by atoms with Crippen molar-refractivity contribution in [1.29, 1.82) is 0 Å². The summed E-state index contributed by atoms with van der Waals surface area (Å²) in [6.07, 6.45) is 8.78. The maximum atomic E-state index is 6.76. The Bertz CT molecular complexity index is 2500. The molecule has 3 atom stereocenters. The van der Waals surface area contributed by atoms with Gasteiger partial charge in [-0.25, -0.2) is 0 Å². The SMILES string of the molecule is C1=CC2c3ccccc3OC2C(c2cc(-c3cccc4c3oc3ccccc34)ccc2C2C=C(c3ccccc3)NC(c3ccccc3)=N2)=C1. The van der Waals surface area contributed by atoms with Gasteiger partial charge in [0.25, 0.3) is 0 Å². The quantitative estimate of drug-likeness (QED) is 0.203. The normalized spacial score (nSPS) is 19.2. The summed E-state index contributed by atoms with van der Waals surface area (Å²) in [5.41, 5.74) is 11.7. The van der Waals surface area contributed by atoms with Crippen molar-refractivity contribution in [3.63, 3.8) is 0 Å². The summed E-state index contributed by atoms with van der Waals surface area (Å²) in [5.74, 6) is 1.93. The van der Waals surface area contributed by atoms with Crippen molar-refractivity contribution in [2.45, 2.75) is 18.1 Å². The van der Waals surface area contributed by atoms with Gasteiger partial charge in [0.1, 0.15) is 28.9 Å². The molecule has 1 aliphatic carbocycles. The number of nitrogens with zero attached hydrogens (tertiary/aromatic N) is 1. The molecule has 238 valence electrons. The zero-order valence-electron chi connectivity index (χ0n) is 27.2. The summed E-state index contributed by atoms with van der Waals surface area (Å²) in [4.78, 5) is 5.38. The number of allylic oxidation sites excluding steroid dienone is 2. The number of ether oxygens (including phenoxy) is 1. The third-order valence-electron chi connectivity index (χ3n) is 10.1. The number of hydrogen-bond acceptors (Lipinski definition) is 4. The summed E-state index contributed by atoms with van der Waals surface area (Å²) < 4.78 is 13.3. The molecule has 1 N–H and O–H groups in total. The van der Waals surface area contributed by atoms with Crippen molar-refractivity contribution >= 4 is 39.0 Å². The van der Waals surface area contributed by atoms with Crippen LogP contribution in [0.3, 0.4) is 0 Å². The van der Waals surface area contributed by atoms with Crippen molar-refractivity contribution in [2.75, 3.05) is 0 Å². The van der Waals surface area contributed by atoms with Gasteiger partial charge in [0.15, 0.2) is 0 Å². The average molecular weight is 645 g/mol. The molecule has 4 nitrogen and oxygen atoms in total. The second-order valence-corrected chi connectivity index (χ2v) is 13.1. The fourth-order valence-corrected chi connectivity index (χ4v) is 7.74. The zero-order valence-corrected chi connectivity index (χ0v) is 27.2. The number of aliphatic imine (C=N–C) groups is 1. The molecule has 1 aromatic heterocycles. The summed E-state index contributed by atoms with van der Waals surface area (Å²) in [5, 5.41) is 5.89. The summed E-state index contributed by atoms with van der Waals surface area (Å²) >= 11 is 0. The van der Waals surface area contributed by atoms with Crippen LogP contribution in [0.2, 0.25) is 0 Å². The smallest absolute Gasteiger partial charge is 0.143 e. The van der Waals surface area contributed by atoms with Gasteiger partial charge in [-0.15, -0.1) is 0 Å². The van der Waals surface area contributed by atoms with E-state index in [1.54, 1.807) is 0 Å². The van der Waals surface area contributed by atoms with Crippen LogP contribution in [-0.4, -0.2) is 11.9 Å². The number of nitrogens with one attached hydrogen (secondary N) is 1. The second-order valence-electron chi connectivity index (χ2n) is 13.1. The predicted octanol–water partition coefficient (Wildman–Crippen LogP) is 10.9. The molecular weight excluding hydrogens is 613 g/mol. The maximum absolute atomic E-state index is 6.76. The van der Waals surface area contributed by atoms with Crippen LogP contribution < -0.4 is 10.1 Å². The second kappa shape index (κ2) is 11.6. The van der Waals surface area contributed by atoms with Gasteiger partial charge in [0.2, 0.25) is 0 Å². The minimum absolute atomic E-state index is 0.133. The van der Waals surface area contributed by atoms with Crippen LogP contribution >= 0.6 is 0 Å². The molecule has 3 unspecified atom stereocenters. The van der Waals surface area contributed by atoms with Gasteiger partial charge in [-0.05, 0) is 46.5 Å². The van der Waals surface area contributed by atoms with E-state index in [9.17, 15) is 0 Å². The molecule has 2 aliphatic heterocycles. The fraction of sp³-hybridized carbons (Fsp3) is 0.0652. The van der Waals surface area contributed by atoms with Gasteiger partial charge < -0.3 is 14.5 Å². The van der Waals surface area contributed by atoms with E-state index in [0.717, 1.165) is 78.2 Å². The highest BCUT2D eigenvalue weighted by atomic mass is 16.5. The first-order chi connectivity index (χ1) is 24.8. The Morgan fingerprint density at radius 1 is 0.600 bits per heavy atom.